The van der Waals surface area contributed by atoms with E-state index in [0.717, 1.165) is 65.4 Å². The number of fused-ring (bicyclic) bond motifs is 1. The van der Waals surface area contributed by atoms with Crippen LogP contribution in [0.3, 0.4) is 0 Å². The van der Waals surface area contributed by atoms with Crippen LogP contribution in [0.4, 0.5) is 13.2 Å². The fourth-order valence-corrected chi connectivity index (χ4v) is 5.49. The molecule has 4 fully saturated rings. The lowest BCUT2D eigenvalue weighted by molar-refractivity contribution is -0.192. The minimum atomic E-state index is -5.08. The summed E-state index contributed by atoms with van der Waals surface area (Å²) < 4.78 is 43.4. The van der Waals surface area contributed by atoms with Gasteiger partial charge in [-0.1, -0.05) is 0 Å². The van der Waals surface area contributed by atoms with E-state index in [1.807, 2.05) is 11.6 Å². The Hall–Kier alpha value is -1.76. The number of ether oxygens (including phenoxy) is 2. The first-order valence-electron chi connectivity index (χ1n) is 10.6. The number of carbonyl (C=O) groups is 2. The van der Waals surface area contributed by atoms with E-state index >= 15 is 0 Å². The predicted molar refractivity (Wildman–Crippen MR) is 107 cm³/mol. The highest BCUT2D eigenvalue weighted by Gasteiger charge is 2.59. The third-order valence-electron chi connectivity index (χ3n) is 6.64. The number of carboxylic acid groups (broad SMARTS) is 1. The van der Waals surface area contributed by atoms with Gasteiger partial charge in [0.2, 0.25) is 5.91 Å². The lowest BCUT2D eigenvalue weighted by Gasteiger charge is -2.47. The lowest BCUT2D eigenvalue weighted by atomic mass is 9.89. The van der Waals surface area contributed by atoms with Crippen molar-refractivity contribution in [2.24, 2.45) is 17.8 Å². The topological polar surface area (TPSA) is 92.2 Å². The van der Waals surface area contributed by atoms with Gasteiger partial charge in [0.15, 0.2) is 0 Å². The van der Waals surface area contributed by atoms with Gasteiger partial charge in [0, 0.05) is 43.7 Å². The summed E-state index contributed by atoms with van der Waals surface area (Å²) >= 11 is 1.72. The van der Waals surface area contributed by atoms with E-state index < -0.39 is 12.1 Å². The van der Waals surface area contributed by atoms with Crippen LogP contribution in [-0.4, -0.2) is 89.5 Å². The van der Waals surface area contributed by atoms with E-state index in [4.69, 9.17) is 19.4 Å². The number of piperidine rings is 1. The van der Waals surface area contributed by atoms with Gasteiger partial charge in [0.1, 0.15) is 5.01 Å². The molecule has 0 aromatic carbocycles. The van der Waals surface area contributed by atoms with Crippen molar-refractivity contribution in [1.82, 2.24) is 14.8 Å². The molecule has 1 N–H and O–H groups in total. The molecule has 1 aromatic rings. The number of carboxylic acids is 1. The van der Waals surface area contributed by atoms with E-state index in [1.165, 1.54) is 5.01 Å². The second-order valence-corrected chi connectivity index (χ2v) is 9.67. The van der Waals surface area contributed by atoms with Crippen molar-refractivity contribution in [1.29, 1.82) is 0 Å². The van der Waals surface area contributed by atoms with Crippen LogP contribution < -0.4 is 0 Å². The van der Waals surface area contributed by atoms with Gasteiger partial charge in [-0.05, 0) is 24.7 Å². The first-order chi connectivity index (χ1) is 15.2. The molecule has 0 bridgehead atoms. The average Bonchev–Trinajstić information content (AvgIpc) is 3.10. The van der Waals surface area contributed by atoms with Crippen molar-refractivity contribution >= 4 is 23.2 Å². The number of hydrogen-bond acceptors (Lipinski definition) is 7. The van der Waals surface area contributed by atoms with E-state index in [0.29, 0.717) is 17.7 Å². The van der Waals surface area contributed by atoms with Gasteiger partial charge in [-0.25, -0.2) is 9.78 Å². The van der Waals surface area contributed by atoms with Crippen molar-refractivity contribution in [2.75, 3.05) is 46.0 Å². The molecule has 12 heteroatoms. The van der Waals surface area contributed by atoms with Crippen LogP contribution in [0.2, 0.25) is 0 Å². The molecule has 3 atom stereocenters. The number of amides is 1. The van der Waals surface area contributed by atoms with Gasteiger partial charge < -0.3 is 19.5 Å². The third kappa shape index (κ3) is 5.24. The van der Waals surface area contributed by atoms with E-state index in [2.05, 4.69) is 14.8 Å². The molecule has 4 aliphatic rings. The highest BCUT2D eigenvalue weighted by molar-refractivity contribution is 7.09. The Kier molecular flexibility index (Phi) is 6.76. The van der Waals surface area contributed by atoms with Crippen molar-refractivity contribution in [3.63, 3.8) is 0 Å². The molecule has 3 aliphatic heterocycles. The highest BCUT2D eigenvalue weighted by atomic mass is 32.1. The number of carbonyl (C=O) groups excluding carboxylic acids is 1. The number of hydrogen-bond donors (Lipinski definition) is 1. The second-order valence-electron chi connectivity index (χ2n) is 8.69. The maximum atomic E-state index is 12.7. The Morgan fingerprint density at radius 1 is 1.22 bits per heavy atom. The van der Waals surface area contributed by atoms with Crippen molar-refractivity contribution in [3.8, 4) is 0 Å². The number of aromatic nitrogens is 1. The smallest absolute Gasteiger partial charge is 0.475 e. The standard InChI is InChI=1S/C18H25N3O3S.C2HF3O2/c22-17(16-13-10-23-11-14(13)16)21-4-1-18(2-5-21)12-20(6-7-24-18)9-15-19-3-8-25-15;3-2(4,5)1(6)7/h3,8,13-14,16H,1-2,4-7,9-12H2;(H,6,7)/t13-,14+,16?;. The zero-order valence-corrected chi connectivity index (χ0v) is 18.2. The van der Waals surface area contributed by atoms with Crippen LogP contribution in [0, 0.1) is 17.8 Å². The zero-order chi connectivity index (χ0) is 22.9. The Morgan fingerprint density at radius 3 is 2.44 bits per heavy atom. The molecular formula is C20H26F3N3O5S. The van der Waals surface area contributed by atoms with E-state index in [-0.39, 0.29) is 11.5 Å². The molecule has 1 saturated carbocycles. The summed E-state index contributed by atoms with van der Waals surface area (Å²) in [5, 5.41) is 10.3. The first-order valence-corrected chi connectivity index (χ1v) is 11.5. The number of thiazole rings is 1. The Bertz CT molecular complexity index is 804. The molecule has 1 aromatic heterocycles. The molecule has 0 radical (unpaired) electrons. The van der Waals surface area contributed by atoms with Gasteiger partial charge >= 0.3 is 12.1 Å². The minimum absolute atomic E-state index is 0.0746. The Morgan fingerprint density at radius 2 is 1.88 bits per heavy atom. The van der Waals surface area contributed by atoms with Gasteiger partial charge in [-0.3, -0.25) is 9.69 Å². The van der Waals surface area contributed by atoms with Crippen LogP contribution in [0.15, 0.2) is 11.6 Å². The average molecular weight is 478 g/mol. The Balaban J connectivity index is 0.000000307. The van der Waals surface area contributed by atoms with E-state index in [1.54, 1.807) is 11.3 Å². The van der Waals surface area contributed by atoms with Crippen LogP contribution >= 0.6 is 11.3 Å². The fourth-order valence-electron chi connectivity index (χ4n) is 4.83. The summed E-state index contributed by atoms with van der Waals surface area (Å²) in [6.07, 6.45) is -1.31. The maximum Gasteiger partial charge on any atom is 0.490 e. The molecule has 1 spiro atoms. The monoisotopic (exact) mass is 477 g/mol. The molecule has 32 heavy (non-hydrogen) atoms. The fraction of sp³-hybridized carbons (Fsp3) is 0.750. The van der Waals surface area contributed by atoms with Crippen LogP contribution in [-0.2, 0) is 25.6 Å². The third-order valence-corrected chi connectivity index (χ3v) is 7.40. The molecule has 1 aliphatic carbocycles. The molecule has 3 saturated heterocycles. The summed E-state index contributed by atoms with van der Waals surface area (Å²) in [7, 11) is 0. The number of nitrogens with zero attached hydrogens (tertiary/aromatic N) is 3. The molecular weight excluding hydrogens is 451 g/mol. The Labute approximate surface area is 187 Å². The minimum Gasteiger partial charge on any atom is -0.475 e. The summed E-state index contributed by atoms with van der Waals surface area (Å²) in [5.74, 6) is -1.14. The van der Waals surface area contributed by atoms with E-state index in [9.17, 15) is 18.0 Å². The number of alkyl halides is 3. The predicted octanol–water partition coefficient (Wildman–Crippen LogP) is 1.86. The quantitative estimate of drug-likeness (QED) is 0.711. The highest BCUT2D eigenvalue weighted by Crippen LogP contribution is 2.51. The maximum absolute atomic E-state index is 12.7. The summed E-state index contributed by atoms with van der Waals surface area (Å²) in [4.78, 5) is 30.6. The number of aliphatic carboxylic acids is 1. The number of likely N-dealkylation sites (tertiary alicyclic amines) is 1. The normalized spacial score (nSPS) is 29.2. The van der Waals surface area contributed by atoms with Crippen LogP contribution in [0.1, 0.15) is 17.8 Å². The molecule has 4 heterocycles. The van der Waals surface area contributed by atoms with Crippen molar-refractivity contribution in [2.45, 2.75) is 31.2 Å². The SMILES string of the molecule is O=C(C1[C@H]2COC[C@@H]12)N1CCC2(CC1)CN(Cc1nccs1)CCO2.O=C(O)C(F)(F)F. The van der Waals surface area contributed by atoms with Gasteiger partial charge in [-0.15, -0.1) is 11.3 Å². The molecule has 8 nitrogen and oxygen atoms in total. The molecule has 1 unspecified atom stereocenters. The van der Waals surface area contributed by atoms with Gasteiger partial charge in [0.05, 0.1) is 32.0 Å². The molecule has 178 valence electrons. The van der Waals surface area contributed by atoms with Gasteiger partial charge in [-0.2, -0.15) is 13.2 Å². The van der Waals surface area contributed by atoms with Crippen molar-refractivity contribution < 1.29 is 37.3 Å². The lowest BCUT2D eigenvalue weighted by Crippen LogP contribution is -2.57. The van der Waals surface area contributed by atoms with Gasteiger partial charge in [0.25, 0.3) is 0 Å². The van der Waals surface area contributed by atoms with Crippen LogP contribution in [0.5, 0.6) is 0 Å². The summed E-state index contributed by atoms with van der Waals surface area (Å²) in [5.41, 5.74) is -0.0746. The number of rotatable bonds is 3. The number of halogens is 3. The first kappa shape index (κ1) is 23.4. The zero-order valence-electron chi connectivity index (χ0n) is 17.4. The number of morpholine rings is 1. The summed E-state index contributed by atoms with van der Waals surface area (Å²) in [6, 6.07) is 0. The largest absolute Gasteiger partial charge is 0.490 e. The molecule has 5 rings (SSSR count). The van der Waals surface area contributed by atoms with Crippen molar-refractivity contribution in [3.05, 3.63) is 16.6 Å². The summed E-state index contributed by atoms with van der Waals surface area (Å²) in [6.45, 7) is 6.86. The second kappa shape index (κ2) is 9.24. The molecule has 1 amide bonds. The van der Waals surface area contributed by atoms with Crippen LogP contribution in [0.25, 0.3) is 0 Å².